The van der Waals surface area contributed by atoms with Gasteiger partial charge in [0.15, 0.2) is 0 Å². The van der Waals surface area contributed by atoms with E-state index in [-0.39, 0.29) is 7.43 Å². The molecule has 6 nitrogen and oxygen atoms in total. The van der Waals surface area contributed by atoms with Crippen molar-refractivity contribution in [1.82, 2.24) is 15.1 Å². The molecule has 0 unspecified atom stereocenters. The maximum atomic E-state index is 5.32. The van der Waals surface area contributed by atoms with Crippen LogP contribution in [0.1, 0.15) is 18.9 Å². The zero-order valence-corrected chi connectivity index (χ0v) is 14.3. The van der Waals surface area contributed by atoms with Gasteiger partial charge in [-0.15, -0.1) is 0 Å². The van der Waals surface area contributed by atoms with Crippen LogP contribution in [0.3, 0.4) is 0 Å². The van der Waals surface area contributed by atoms with E-state index in [1.807, 2.05) is 38.1 Å². The number of rotatable bonds is 4. The number of H-pyrrole nitrogens is 1. The molecule has 0 saturated carbocycles. The first-order valence-corrected chi connectivity index (χ1v) is 7.97. The first-order valence-electron chi connectivity index (χ1n) is 7.97. The second-order valence-electron chi connectivity index (χ2n) is 5.88. The fraction of sp³-hybridized carbons (Fsp3) is 0.200. The molecule has 0 saturated heterocycles. The first-order chi connectivity index (χ1) is 12.2. The summed E-state index contributed by atoms with van der Waals surface area (Å²) >= 11 is 0. The molecular weight excluding hydrogens is 328 g/mol. The van der Waals surface area contributed by atoms with Gasteiger partial charge < -0.3 is 19.6 Å². The standard InChI is InChI=1S/C19H18N4O2.CH4/c1-11-18(12(2)25-23-11)13-8-16-19(21-10-20-16)17(9-13)22-14-4-6-15(24-3)7-5-14;/h4-10,22H,1-3H3,(H,20,21);1H4. The van der Waals surface area contributed by atoms with Gasteiger partial charge in [-0.05, 0) is 55.8 Å². The summed E-state index contributed by atoms with van der Waals surface area (Å²) in [7, 11) is 1.66. The molecule has 0 amide bonds. The Hall–Kier alpha value is -3.28. The molecule has 26 heavy (non-hydrogen) atoms. The van der Waals surface area contributed by atoms with Gasteiger partial charge in [-0.25, -0.2) is 4.98 Å². The van der Waals surface area contributed by atoms with Gasteiger partial charge in [0.2, 0.25) is 0 Å². The summed E-state index contributed by atoms with van der Waals surface area (Å²) in [5.74, 6) is 1.62. The second kappa shape index (κ2) is 6.92. The normalized spacial score (nSPS) is 10.6. The monoisotopic (exact) mass is 350 g/mol. The van der Waals surface area contributed by atoms with Gasteiger partial charge in [0.25, 0.3) is 0 Å². The van der Waals surface area contributed by atoms with E-state index >= 15 is 0 Å². The van der Waals surface area contributed by atoms with E-state index in [0.29, 0.717) is 0 Å². The number of aromatic amines is 1. The van der Waals surface area contributed by atoms with Crippen LogP contribution in [0.4, 0.5) is 11.4 Å². The highest BCUT2D eigenvalue weighted by Gasteiger charge is 2.15. The third-order valence-electron chi connectivity index (χ3n) is 4.21. The molecule has 0 bridgehead atoms. The number of hydrogen-bond acceptors (Lipinski definition) is 5. The molecule has 0 fully saturated rings. The number of ether oxygens (including phenoxy) is 1. The Bertz CT molecular complexity index is 1010. The Morgan fingerprint density at radius 3 is 2.54 bits per heavy atom. The number of benzene rings is 2. The SMILES string of the molecule is C.COc1ccc(Nc2cc(-c3c(C)noc3C)cc3[nH]cnc23)cc1. The molecule has 0 radical (unpaired) electrons. The first kappa shape index (κ1) is 17.5. The van der Waals surface area contributed by atoms with E-state index in [4.69, 9.17) is 9.26 Å². The smallest absolute Gasteiger partial charge is 0.141 e. The highest BCUT2D eigenvalue weighted by Crippen LogP contribution is 2.34. The van der Waals surface area contributed by atoms with Crippen LogP contribution in [0.5, 0.6) is 5.75 Å². The molecule has 2 heterocycles. The van der Waals surface area contributed by atoms with Crippen LogP contribution >= 0.6 is 0 Å². The molecule has 4 aromatic rings. The van der Waals surface area contributed by atoms with Crippen LogP contribution in [-0.4, -0.2) is 22.2 Å². The number of fused-ring (bicyclic) bond motifs is 1. The lowest BCUT2D eigenvalue weighted by molar-refractivity contribution is 0.393. The van der Waals surface area contributed by atoms with Crippen molar-refractivity contribution >= 4 is 22.4 Å². The molecule has 0 spiro atoms. The average molecular weight is 350 g/mol. The predicted molar refractivity (Wildman–Crippen MR) is 104 cm³/mol. The van der Waals surface area contributed by atoms with Crippen LogP contribution in [0.15, 0.2) is 47.2 Å². The van der Waals surface area contributed by atoms with Crippen molar-refractivity contribution in [3.63, 3.8) is 0 Å². The fourth-order valence-corrected chi connectivity index (χ4v) is 3.01. The molecule has 0 aliphatic rings. The maximum absolute atomic E-state index is 5.32. The number of hydrogen-bond donors (Lipinski definition) is 2. The summed E-state index contributed by atoms with van der Waals surface area (Å²) in [6, 6.07) is 11.9. The lowest BCUT2D eigenvalue weighted by Crippen LogP contribution is -1.94. The van der Waals surface area contributed by atoms with Crippen LogP contribution in [-0.2, 0) is 0 Å². The van der Waals surface area contributed by atoms with E-state index in [0.717, 1.165) is 50.7 Å². The number of aromatic nitrogens is 3. The molecule has 2 aromatic heterocycles. The molecule has 2 N–H and O–H groups in total. The van der Waals surface area contributed by atoms with Gasteiger partial charge in [0, 0.05) is 11.3 Å². The Balaban J connectivity index is 0.00000196. The van der Waals surface area contributed by atoms with Gasteiger partial charge in [-0.1, -0.05) is 12.6 Å². The van der Waals surface area contributed by atoms with Crippen molar-refractivity contribution in [3.05, 3.63) is 54.2 Å². The van der Waals surface area contributed by atoms with Gasteiger partial charge in [0.05, 0.1) is 30.3 Å². The van der Waals surface area contributed by atoms with E-state index in [1.165, 1.54) is 0 Å². The number of nitrogens with one attached hydrogen (secondary N) is 2. The van der Waals surface area contributed by atoms with Gasteiger partial charge in [-0.3, -0.25) is 0 Å². The van der Waals surface area contributed by atoms with Gasteiger partial charge >= 0.3 is 0 Å². The topological polar surface area (TPSA) is 76.0 Å². The van der Waals surface area contributed by atoms with Crippen molar-refractivity contribution in [1.29, 1.82) is 0 Å². The zero-order valence-electron chi connectivity index (χ0n) is 14.3. The van der Waals surface area contributed by atoms with E-state index in [2.05, 4.69) is 32.6 Å². The number of imidazole rings is 1. The molecule has 0 aliphatic carbocycles. The minimum absolute atomic E-state index is 0. The van der Waals surface area contributed by atoms with Crippen molar-refractivity contribution in [2.45, 2.75) is 21.3 Å². The molecule has 4 rings (SSSR count). The lowest BCUT2D eigenvalue weighted by atomic mass is 10.0. The molecule has 0 aliphatic heterocycles. The molecule has 2 aromatic carbocycles. The largest absolute Gasteiger partial charge is 0.497 e. The van der Waals surface area contributed by atoms with Crippen LogP contribution in [0.25, 0.3) is 22.2 Å². The summed E-state index contributed by atoms with van der Waals surface area (Å²) in [5.41, 5.74) is 6.62. The van der Waals surface area contributed by atoms with Crippen molar-refractivity contribution in [3.8, 4) is 16.9 Å². The Kier molecular flexibility index (Phi) is 4.67. The Morgan fingerprint density at radius 2 is 1.88 bits per heavy atom. The fourth-order valence-electron chi connectivity index (χ4n) is 3.01. The minimum Gasteiger partial charge on any atom is -0.497 e. The van der Waals surface area contributed by atoms with Crippen LogP contribution < -0.4 is 10.1 Å². The van der Waals surface area contributed by atoms with Crippen molar-refractivity contribution < 1.29 is 9.26 Å². The van der Waals surface area contributed by atoms with Gasteiger partial charge in [0.1, 0.15) is 17.0 Å². The number of nitrogens with zero attached hydrogens (tertiary/aromatic N) is 2. The lowest BCUT2D eigenvalue weighted by Gasteiger charge is -2.10. The van der Waals surface area contributed by atoms with E-state index in [1.54, 1.807) is 13.4 Å². The summed E-state index contributed by atoms with van der Waals surface area (Å²) in [4.78, 5) is 7.62. The highest BCUT2D eigenvalue weighted by molar-refractivity contribution is 5.95. The van der Waals surface area contributed by atoms with E-state index < -0.39 is 0 Å². The predicted octanol–water partition coefficient (Wildman–Crippen LogP) is 5.22. The van der Waals surface area contributed by atoms with Crippen LogP contribution in [0, 0.1) is 13.8 Å². The summed E-state index contributed by atoms with van der Waals surface area (Å²) < 4.78 is 10.5. The number of aryl methyl sites for hydroxylation is 2. The maximum Gasteiger partial charge on any atom is 0.141 e. The molecule has 134 valence electrons. The van der Waals surface area contributed by atoms with E-state index in [9.17, 15) is 0 Å². The average Bonchev–Trinajstić information content (AvgIpc) is 3.22. The zero-order chi connectivity index (χ0) is 17.4. The van der Waals surface area contributed by atoms with Crippen molar-refractivity contribution in [2.24, 2.45) is 0 Å². The third kappa shape index (κ3) is 3.01. The Morgan fingerprint density at radius 1 is 1.12 bits per heavy atom. The van der Waals surface area contributed by atoms with Crippen molar-refractivity contribution in [2.75, 3.05) is 12.4 Å². The Labute approximate surface area is 152 Å². The minimum atomic E-state index is 0. The van der Waals surface area contributed by atoms with Crippen LogP contribution in [0.2, 0.25) is 0 Å². The number of anilines is 2. The molecular formula is C20H22N4O2. The third-order valence-corrected chi connectivity index (χ3v) is 4.21. The molecule has 6 heteroatoms. The number of methoxy groups -OCH3 is 1. The van der Waals surface area contributed by atoms with Gasteiger partial charge in [-0.2, -0.15) is 0 Å². The summed E-state index contributed by atoms with van der Waals surface area (Å²) in [6.45, 7) is 3.86. The summed E-state index contributed by atoms with van der Waals surface area (Å²) in [5, 5.41) is 7.49. The molecule has 0 atom stereocenters. The quantitative estimate of drug-likeness (QED) is 0.527. The highest BCUT2D eigenvalue weighted by atomic mass is 16.5. The summed E-state index contributed by atoms with van der Waals surface area (Å²) in [6.07, 6.45) is 1.70. The second-order valence-corrected chi connectivity index (χ2v) is 5.88.